The Hall–Kier alpha value is -2.37. The summed E-state index contributed by atoms with van der Waals surface area (Å²) >= 11 is 0. The van der Waals surface area contributed by atoms with E-state index in [1.54, 1.807) is 6.08 Å². The highest BCUT2D eigenvalue weighted by molar-refractivity contribution is 5.76. The molecule has 0 aliphatic carbocycles. The molecule has 9 nitrogen and oxygen atoms in total. The molecule has 0 aromatic carbocycles. The molecule has 1 amide bonds. The Balaban J connectivity index is 2.09. The Morgan fingerprint density at radius 1 is 0.386 bits per heavy atom. The topological polar surface area (TPSA) is 149 Å². The number of aliphatic hydroxyl groups excluding tert-OH is 5. The second kappa shape index (κ2) is 67.5. The van der Waals surface area contributed by atoms with Crippen LogP contribution in [-0.4, -0.2) is 87.5 Å². The Labute approximate surface area is 544 Å². The van der Waals surface area contributed by atoms with E-state index in [9.17, 15) is 30.3 Å². The van der Waals surface area contributed by atoms with Crippen molar-refractivity contribution in [2.24, 2.45) is 0 Å². The van der Waals surface area contributed by atoms with Gasteiger partial charge in [0.1, 0.15) is 24.4 Å². The fraction of sp³-hybridized carbons (Fsp3) is 0.835. The van der Waals surface area contributed by atoms with Crippen LogP contribution in [0, 0.1) is 0 Å². The highest BCUT2D eigenvalue weighted by Crippen LogP contribution is 2.23. The fourth-order valence-electron chi connectivity index (χ4n) is 12.0. The average Bonchev–Trinajstić information content (AvgIpc) is 3.65. The molecule has 6 N–H and O–H groups in total. The highest BCUT2D eigenvalue weighted by atomic mass is 16.7. The lowest BCUT2D eigenvalue weighted by Crippen LogP contribution is -2.60. The molecule has 0 aromatic rings. The molecule has 0 bridgehead atoms. The zero-order chi connectivity index (χ0) is 63.5. The van der Waals surface area contributed by atoms with Gasteiger partial charge in [0.15, 0.2) is 6.29 Å². The summed E-state index contributed by atoms with van der Waals surface area (Å²) in [6.07, 6.45) is 89.0. The van der Waals surface area contributed by atoms with E-state index in [-0.39, 0.29) is 12.5 Å². The van der Waals surface area contributed by atoms with Gasteiger partial charge in [0.25, 0.3) is 0 Å². The van der Waals surface area contributed by atoms with Crippen LogP contribution in [0.5, 0.6) is 0 Å². The average molecular weight is 1240 g/mol. The number of carbonyl (C=O) groups excluding carboxylic acids is 1. The van der Waals surface area contributed by atoms with Crippen LogP contribution in [0.1, 0.15) is 367 Å². The van der Waals surface area contributed by atoms with Crippen LogP contribution in [0.15, 0.2) is 72.9 Å². The van der Waals surface area contributed by atoms with Crippen LogP contribution in [0.25, 0.3) is 0 Å². The van der Waals surface area contributed by atoms with Crippen molar-refractivity contribution >= 4 is 5.91 Å². The van der Waals surface area contributed by atoms with Crippen molar-refractivity contribution in [2.75, 3.05) is 13.2 Å². The number of carbonyl (C=O) groups is 1. The third-order valence-electron chi connectivity index (χ3n) is 18.0. The number of allylic oxidation sites excluding steroid dienone is 11. The van der Waals surface area contributed by atoms with Gasteiger partial charge in [-0.1, -0.05) is 350 Å². The number of amides is 1. The van der Waals surface area contributed by atoms with Gasteiger partial charge in [-0.2, -0.15) is 0 Å². The van der Waals surface area contributed by atoms with Gasteiger partial charge in [-0.25, -0.2) is 0 Å². The third-order valence-corrected chi connectivity index (χ3v) is 18.0. The predicted molar refractivity (Wildman–Crippen MR) is 378 cm³/mol. The van der Waals surface area contributed by atoms with E-state index in [0.717, 1.165) is 57.8 Å². The zero-order valence-electron chi connectivity index (χ0n) is 57.7. The molecule has 514 valence electrons. The van der Waals surface area contributed by atoms with Crippen molar-refractivity contribution in [3.05, 3.63) is 72.9 Å². The quantitative estimate of drug-likeness (QED) is 0.0261. The zero-order valence-corrected chi connectivity index (χ0v) is 57.7. The maximum atomic E-state index is 13.1. The minimum atomic E-state index is -1.58. The molecular formula is C79H145NO8. The van der Waals surface area contributed by atoms with E-state index in [4.69, 9.17) is 9.47 Å². The Bertz CT molecular complexity index is 1620. The van der Waals surface area contributed by atoms with Gasteiger partial charge in [0.2, 0.25) is 5.91 Å². The largest absolute Gasteiger partial charge is 0.394 e. The summed E-state index contributed by atoms with van der Waals surface area (Å²) in [5, 5.41) is 54.8. The second-order valence-electron chi connectivity index (χ2n) is 26.4. The van der Waals surface area contributed by atoms with E-state index < -0.39 is 49.5 Å². The molecule has 7 atom stereocenters. The molecule has 1 aliphatic heterocycles. The van der Waals surface area contributed by atoms with E-state index in [1.165, 1.54) is 289 Å². The van der Waals surface area contributed by atoms with Crippen molar-refractivity contribution in [2.45, 2.75) is 410 Å². The third kappa shape index (κ3) is 55.3. The Kier molecular flexibility index (Phi) is 64.2. The van der Waals surface area contributed by atoms with Crippen LogP contribution in [0.2, 0.25) is 0 Å². The SMILES string of the molecule is CCCCCCC/C=C\C/C=C\C/C=C\CCCCCCCCCCCCCCCCCCCCCCCCCCC(=O)NC(COC1OC(CO)C(O)C(O)C1O)C(O)/C=C/CC/C=C/CC/C=C/CCCCCCCCCCCCCCCCCC. The number of hydrogen-bond acceptors (Lipinski definition) is 8. The molecule has 88 heavy (non-hydrogen) atoms. The molecule has 1 aliphatic rings. The maximum Gasteiger partial charge on any atom is 0.220 e. The van der Waals surface area contributed by atoms with Crippen molar-refractivity contribution in [3.63, 3.8) is 0 Å². The van der Waals surface area contributed by atoms with Gasteiger partial charge >= 0.3 is 0 Å². The molecule has 1 rings (SSSR count). The monoisotopic (exact) mass is 1240 g/mol. The summed E-state index contributed by atoms with van der Waals surface area (Å²) in [5.41, 5.74) is 0. The van der Waals surface area contributed by atoms with Crippen LogP contribution in [0.4, 0.5) is 0 Å². The molecule has 1 fully saturated rings. The number of nitrogens with one attached hydrogen (secondary N) is 1. The standard InChI is InChI=1S/C79H145NO8/c1-3-5-7-9-11-13-15-17-19-21-23-25-27-29-31-32-33-34-35-36-37-38-39-40-41-42-43-45-47-49-51-53-55-57-59-61-63-65-67-69-75(83)80-72(71-87-79-78(86)77(85)76(84)74(70-81)88-79)73(82)68-66-64-62-60-58-56-54-52-50-48-46-44-30-28-26-24-22-20-18-16-14-12-10-8-6-4-2/h15,17,21,23,27,29,50,52,58,60,66,68,72-74,76-79,81-82,84-86H,3-14,16,18-20,22,24-26,28,30-49,51,53-57,59,61-65,67,69-71H2,1-2H3,(H,80,83)/b17-15-,23-21-,29-27-,52-50+,60-58+,68-66+. The van der Waals surface area contributed by atoms with Crippen molar-refractivity contribution < 1.29 is 39.8 Å². The number of hydrogen-bond donors (Lipinski definition) is 6. The molecular weight excluding hydrogens is 1090 g/mol. The molecule has 7 unspecified atom stereocenters. The minimum Gasteiger partial charge on any atom is -0.394 e. The van der Waals surface area contributed by atoms with E-state index in [2.05, 4.69) is 79.9 Å². The Morgan fingerprint density at radius 2 is 0.682 bits per heavy atom. The van der Waals surface area contributed by atoms with Gasteiger partial charge in [0, 0.05) is 6.42 Å². The number of unbranched alkanes of at least 4 members (excludes halogenated alkanes) is 47. The summed E-state index contributed by atoms with van der Waals surface area (Å²) < 4.78 is 11.3. The molecule has 0 radical (unpaired) electrons. The first-order valence-electron chi connectivity index (χ1n) is 38.2. The van der Waals surface area contributed by atoms with E-state index in [0.29, 0.717) is 6.42 Å². The van der Waals surface area contributed by atoms with E-state index >= 15 is 0 Å². The summed E-state index contributed by atoms with van der Waals surface area (Å²) in [6, 6.07) is -0.831. The fourth-order valence-corrected chi connectivity index (χ4v) is 12.0. The predicted octanol–water partition coefficient (Wildman–Crippen LogP) is 21.5. The first-order valence-corrected chi connectivity index (χ1v) is 38.2. The molecule has 1 heterocycles. The van der Waals surface area contributed by atoms with Crippen LogP contribution >= 0.6 is 0 Å². The molecule has 1 saturated heterocycles. The maximum absolute atomic E-state index is 13.1. The second-order valence-corrected chi connectivity index (χ2v) is 26.4. The lowest BCUT2D eigenvalue weighted by Gasteiger charge is -2.40. The lowest BCUT2D eigenvalue weighted by atomic mass is 9.99. The van der Waals surface area contributed by atoms with Crippen molar-refractivity contribution in [1.29, 1.82) is 0 Å². The lowest BCUT2D eigenvalue weighted by molar-refractivity contribution is -0.302. The molecule has 0 aromatic heterocycles. The smallest absolute Gasteiger partial charge is 0.220 e. The first-order chi connectivity index (χ1) is 43.3. The Morgan fingerprint density at radius 3 is 1.03 bits per heavy atom. The molecule has 0 saturated carbocycles. The minimum absolute atomic E-state index is 0.185. The summed E-state index contributed by atoms with van der Waals surface area (Å²) in [6.45, 7) is 3.79. The van der Waals surface area contributed by atoms with Gasteiger partial charge in [-0.3, -0.25) is 4.79 Å². The van der Waals surface area contributed by atoms with Crippen molar-refractivity contribution in [3.8, 4) is 0 Å². The van der Waals surface area contributed by atoms with Crippen molar-refractivity contribution in [1.82, 2.24) is 5.32 Å². The molecule has 0 spiro atoms. The highest BCUT2D eigenvalue weighted by Gasteiger charge is 2.44. The van der Waals surface area contributed by atoms with E-state index in [1.807, 2.05) is 6.08 Å². The number of rotatable bonds is 67. The number of ether oxygens (including phenoxy) is 2. The van der Waals surface area contributed by atoms with Gasteiger partial charge in [-0.05, 0) is 83.5 Å². The summed E-state index contributed by atoms with van der Waals surface area (Å²) in [7, 11) is 0. The van der Waals surface area contributed by atoms with Gasteiger partial charge in [0.05, 0.1) is 25.4 Å². The van der Waals surface area contributed by atoms with Gasteiger partial charge in [-0.15, -0.1) is 0 Å². The normalized spacial score (nSPS) is 18.3. The van der Waals surface area contributed by atoms with Crippen LogP contribution < -0.4 is 5.32 Å². The first kappa shape index (κ1) is 83.6. The number of aliphatic hydroxyl groups is 5. The van der Waals surface area contributed by atoms with Crippen LogP contribution in [-0.2, 0) is 14.3 Å². The van der Waals surface area contributed by atoms with Gasteiger partial charge < -0.3 is 40.3 Å². The molecule has 9 heteroatoms. The summed E-state index contributed by atoms with van der Waals surface area (Å²) in [5.74, 6) is -0.185. The summed E-state index contributed by atoms with van der Waals surface area (Å²) in [4.78, 5) is 13.1. The van der Waals surface area contributed by atoms with Crippen LogP contribution in [0.3, 0.4) is 0 Å².